The summed E-state index contributed by atoms with van der Waals surface area (Å²) >= 11 is 0. The lowest BCUT2D eigenvalue weighted by Gasteiger charge is -2.42. The number of carboxylic acid groups (broad SMARTS) is 1. The third kappa shape index (κ3) is 2.87. The average Bonchev–Trinajstić information content (AvgIpc) is 2.83. The molecule has 21 heavy (non-hydrogen) atoms. The van der Waals surface area contributed by atoms with Crippen LogP contribution in [0.5, 0.6) is 0 Å². The first-order chi connectivity index (χ1) is 9.99. The van der Waals surface area contributed by atoms with Crippen molar-refractivity contribution in [3.8, 4) is 0 Å². The molecule has 1 aliphatic heterocycles. The van der Waals surface area contributed by atoms with Crippen molar-refractivity contribution in [1.29, 1.82) is 0 Å². The molecule has 0 aromatic heterocycles. The number of carboxylic acids is 1. The molecular formula is C16H28N2O3. The molecule has 1 saturated heterocycles. The van der Waals surface area contributed by atoms with Crippen LogP contribution in [-0.4, -0.2) is 40.6 Å². The van der Waals surface area contributed by atoms with E-state index in [-0.39, 0.29) is 11.4 Å². The largest absolute Gasteiger partial charge is 0.479 e. The zero-order valence-electron chi connectivity index (χ0n) is 13.3. The Hall–Kier alpha value is -1.26. The second kappa shape index (κ2) is 6.24. The molecule has 2 aliphatic rings. The Kier molecular flexibility index (Phi) is 4.79. The van der Waals surface area contributed by atoms with Gasteiger partial charge in [-0.2, -0.15) is 0 Å². The fourth-order valence-electron chi connectivity index (χ4n) is 3.87. The molecule has 1 aliphatic carbocycles. The highest BCUT2D eigenvalue weighted by Gasteiger charge is 2.49. The molecule has 1 heterocycles. The molecule has 2 amide bonds. The third-order valence-electron chi connectivity index (χ3n) is 5.57. The molecule has 1 unspecified atom stereocenters. The Morgan fingerprint density at radius 1 is 1.19 bits per heavy atom. The van der Waals surface area contributed by atoms with Gasteiger partial charge in [0.2, 0.25) is 0 Å². The van der Waals surface area contributed by atoms with Crippen molar-refractivity contribution in [3.05, 3.63) is 0 Å². The quantitative estimate of drug-likeness (QED) is 0.791. The number of likely N-dealkylation sites (tertiary alicyclic amines) is 1. The van der Waals surface area contributed by atoms with Crippen molar-refractivity contribution in [2.75, 3.05) is 13.1 Å². The summed E-state index contributed by atoms with van der Waals surface area (Å²) in [4.78, 5) is 25.8. The van der Waals surface area contributed by atoms with Gasteiger partial charge in [-0.15, -0.1) is 0 Å². The van der Waals surface area contributed by atoms with Gasteiger partial charge in [-0.05, 0) is 43.9 Å². The van der Waals surface area contributed by atoms with E-state index >= 15 is 0 Å². The molecule has 2 N–H and O–H groups in total. The lowest BCUT2D eigenvalue weighted by Crippen LogP contribution is -2.57. The summed E-state index contributed by atoms with van der Waals surface area (Å²) in [5.74, 6) is -0.856. The van der Waals surface area contributed by atoms with E-state index in [1.54, 1.807) is 4.90 Å². The van der Waals surface area contributed by atoms with Gasteiger partial charge < -0.3 is 15.3 Å². The number of nitrogens with zero attached hydrogens (tertiary/aromatic N) is 1. The summed E-state index contributed by atoms with van der Waals surface area (Å²) in [6, 6.07) is -0.192. The van der Waals surface area contributed by atoms with Crippen LogP contribution in [0.4, 0.5) is 4.79 Å². The maximum Gasteiger partial charge on any atom is 0.329 e. The van der Waals surface area contributed by atoms with Crippen LogP contribution in [-0.2, 0) is 4.79 Å². The van der Waals surface area contributed by atoms with Crippen LogP contribution in [0, 0.1) is 5.41 Å². The second-order valence-electron chi connectivity index (χ2n) is 6.71. The molecule has 0 aromatic carbocycles. The van der Waals surface area contributed by atoms with E-state index in [0.29, 0.717) is 25.9 Å². The molecule has 120 valence electrons. The van der Waals surface area contributed by atoms with Crippen LogP contribution in [0.3, 0.4) is 0 Å². The minimum Gasteiger partial charge on any atom is -0.479 e. The highest BCUT2D eigenvalue weighted by Crippen LogP contribution is 2.43. The number of hydrogen-bond donors (Lipinski definition) is 2. The van der Waals surface area contributed by atoms with Gasteiger partial charge in [-0.1, -0.05) is 26.7 Å². The average molecular weight is 296 g/mol. The monoisotopic (exact) mass is 296 g/mol. The van der Waals surface area contributed by atoms with Crippen LogP contribution in [0.25, 0.3) is 0 Å². The number of rotatable bonds is 6. The van der Waals surface area contributed by atoms with E-state index in [0.717, 1.165) is 19.3 Å². The molecule has 0 bridgehead atoms. The summed E-state index contributed by atoms with van der Waals surface area (Å²) in [7, 11) is 0. The van der Waals surface area contributed by atoms with Crippen LogP contribution in [0.15, 0.2) is 0 Å². The van der Waals surface area contributed by atoms with Crippen molar-refractivity contribution in [2.45, 2.75) is 70.8 Å². The smallest absolute Gasteiger partial charge is 0.329 e. The molecule has 5 heteroatoms. The maximum atomic E-state index is 12.5. The van der Waals surface area contributed by atoms with Gasteiger partial charge in [0.25, 0.3) is 0 Å². The summed E-state index contributed by atoms with van der Waals surface area (Å²) in [5.41, 5.74) is -0.732. The summed E-state index contributed by atoms with van der Waals surface area (Å²) in [6.45, 7) is 5.37. The number of nitrogens with one attached hydrogen (secondary N) is 1. The van der Waals surface area contributed by atoms with Crippen LogP contribution in [0.1, 0.15) is 65.2 Å². The Morgan fingerprint density at radius 3 is 2.38 bits per heavy atom. The normalized spacial score (nSPS) is 27.2. The van der Waals surface area contributed by atoms with Gasteiger partial charge >= 0.3 is 12.0 Å². The van der Waals surface area contributed by atoms with E-state index in [1.807, 2.05) is 6.92 Å². The van der Waals surface area contributed by atoms with E-state index < -0.39 is 11.5 Å². The SMILES string of the molecule is CCCC1(C(=O)O)CCCN1C(=O)NCC1(CC)CCC1. The van der Waals surface area contributed by atoms with E-state index in [2.05, 4.69) is 12.2 Å². The highest BCUT2D eigenvalue weighted by atomic mass is 16.4. The van der Waals surface area contributed by atoms with Crippen molar-refractivity contribution in [3.63, 3.8) is 0 Å². The van der Waals surface area contributed by atoms with Crippen molar-refractivity contribution in [1.82, 2.24) is 10.2 Å². The fourth-order valence-corrected chi connectivity index (χ4v) is 3.87. The number of amides is 2. The van der Waals surface area contributed by atoms with Gasteiger partial charge in [-0.25, -0.2) is 9.59 Å². The van der Waals surface area contributed by atoms with Gasteiger partial charge in [0.1, 0.15) is 5.54 Å². The zero-order chi connectivity index (χ0) is 15.5. The van der Waals surface area contributed by atoms with Crippen LogP contribution >= 0.6 is 0 Å². The van der Waals surface area contributed by atoms with Crippen molar-refractivity contribution >= 4 is 12.0 Å². The van der Waals surface area contributed by atoms with Crippen LogP contribution in [0.2, 0.25) is 0 Å². The standard InChI is InChI=1S/C16H28N2O3/c1-3-7-16(13(19)20)10-6-11-18(16)14(21)17-12-15(4-2)8-5-9-15/h3-12H2,1-2H3,(H,17,21)(H,19,20). The van der Waals surface area contributed by atoms with E-state index in [1.165, 1.54) is 19.3 Å². The fraction of sp³-hybridized carbons (Fsp3) is 0.875. The van der Waals surface area contributed by atoms with Crippen molar-refractivity contribution in [2.24, 2.45) is 5.41 Å². The minimum absolute atomic E-state index is 0.192. The zero-order valence-corrected chi connectivity index (χ0v) is 13.3. The number of carbonyl (C=O) groups excluding carboxylic acids is 1. The first kappa shape index (κ1) is 16.1. The summed E-state index contributed by atoms with van der Waals surface area (Å²) in [5, 5.41) is 12.6. The van der Waals surface area contributed by atoms with Crippen LogP contribution < -0.4 is 5.32 Å². The first-order valence-corrected chi connectivity index (χ1v) is 8.28. The number of aliphatic carboxylic acids is 1. The van der Waals surface area contributed by atoms with Gasteiger partial charge in [-0.3, -0.25) is 0 Å². The van der Waals surface area contributed by atoms with E-state index in [4.69, 9.17) is 0 Å². The predicted molar refractivity (Wildman–Crippen MR) is 81.2 cm³/mol. The first-order valence-electron chi connectivity index (χ1n) is 8.28. The Morgan fingerprint density at radius 2 is 1.90 bits per heavy atom. The topological polar surface area (TPSA) is 69.6 Å². The van der Waals surface area contributed by atoms with E-state index in [9.17, 15) is 14.7 Å². The highest BCUT2D eigenvalue weighted by molar-refractivity contribution is 5.87. The Labute approximate surface area is 127 Å². The number of urea groups is 1. The lowest BCUT2D eigenvalue weighted by atomic mass is 9.67. The summed E-state index contributed by atoms with van der Waals surface area (Å²) < 4.78 is 0. The number of hydrogen-bond acceptors (Lipinski definition) is 2. The molecule has 2 rings (SSSR count). The number of carbonyl (C=O) groups is 2. The lowest BCUT2D eigenvalue weighted by molar-refractivity contribution is -0.148. The molecule has 0 spiro atoms. The van der Waals surface area contributed by atoms with Crippen molar-refractivity contribution < 1.29 is 14.7 Å². The maximum absolute atomic E-state index is 12.5. The summed E-state index contributed by atoms with van der Waals surface area (Å²) in [6.07, 6.45) is 7.31. The molecule has 1 atom stereocenters. The molecule has 5 nitrogen and oxygen atoms in total. The molecule has 1 saturated carbocycles. The molecule has 0 radical (unpaired) electrons. The predicted octanol–water partition coefficient (Wildman–Crippen LogP) is 3.00. The molecule has 2 fully saturated rings. The Bertz CT molecular complexity index is 401. The Balaban J connectivity index is 2.01. The second-order valence-corrected chi connectivity index (χ2v) is 6.71. The molecule has 0 aromatic rings. The minimum atomic E-state index is -0.988. The third-order valence-corrected chi connectivity index (χ3v) is 5.57. The van der Waals surface area contributed by atoms with Gasteiger partial charge in [0.05, 0.1) is 0 Å². The van der Waals surface area contributed by atoms with Gasteiger partial charge in [0.15, 0.2) is 0 Å². The molecular weight excluding hydrogens is 268 g/mol. The van der Waals surface area contributed by atoms with Gasteiger partial charge in [0, 0.05) is 13.1 Å².